The highest BCUT2D eigenvalue weighted by Crippen LogP contribution is 2.32. The Morgan fingerprint density at radius 1 is 1.06 bits per heavy atom. The highest BCUT2D eigenvalue weighted by Gasteiger charge is 2.16. The number of sulfonamides is 1. The standard InChI is InChI=1S/C18H14ClF2N9O2S/c1-33(31,32)27-16-13(21)3-2-4-14(16)24-17-11(19)8-22-18(26-17)25-15-7-10(5-6-12(15)20)30-9-23-28-29-30/h2-9,27H,1H3,(H2,22,24,25,26). The molecule has 0 radical (unpaired) electrons. The maximum absolute atomic E-state index is 14.4. The molecule has 4 aromatic rings. The molecule has 4 rings (SSSR count). The maximum atomic E-state index is 14.4. The molecule has 0 aliphatic carbocycles. The molecule has 2 aromatic carbocycles. The molecule has 0 spiro atoms. The first-order valence-corrected chi connectivity index (χ1v) is 11.3. The molecule has 11 nitrogen and oxygen atoms in total. The fraction of sp³-hybridized carbons (Fsp3) is 0.0556. The number of para-hydroxylation sites is 1. The van der Waals surface area contributed by atoms with E-state index < -0.39 is 21.7 Å². The average molecular weight is 494 g/mol. The van der Waals surface area contributed by atoms with Crippen molar-refractivity contribution >= 4 is 50.5 Å². The van der Waals surface area contributed by atoms with Crippen molar-refractivity contribution in [2.45, 2.75) is 0 Å². The van der Waals surface area contributed by atoms with Gasteiger partial charge in [0, 0.05) is 0 Å². The second-order valence-corrected chi connectivity index (χ2v) is 8.75. The fourth-order valence-corrected chi connectivity index (χ4v) is 3.43. The molecule has 15 heteroatoms. The van der Waals surface area contributed by atoms with Crippen LogP contribution in [0.4, 0.5) is 37.6 Å². The number of aromatic nitrogens is 6. The summed E-state index contributed by atoms with van der Waals surface area (Å²) in [5.74, 6) is -1.42. The number of rotatable bonds is 7. The van der Waals surface area contributed by atoms with Crippen LogP contribution >= 0.6 is 11.6 Å². The SMILES string of the molecule is CS(=O)(=O)Nc1c(F)cccc1Nc1nc(Nc2cc(-n3cnnn3)ccc2F)ncc1Cl. The molecule has 0 saturated carbocycles. The highest BCUT2D eigenvalue weighted by atomic mass is 35.5. The summed E-state index contributed by atoms with van der Waals surface area (Å²) in [5, 5.41) is 16.4. The van der Waals surface area contributed by atoms with E-state index in [1.165, 1.54) is 47.5 Å². The summed E-state index contributed by atoms with van der Waals surface area (Å²) in [7, 11) is -3.77. The van der Waals surface area contributed by atoms with Crippen LogP contribution in [0.1, 0.15) is 0 Å². The number of nitrogens with zero attached hydrogens (tertiary/aromatic N) is 6. The van der Waals surface area contributed by atoms with E-state index in [0.717, 1.165) is 12.3 Å². The van der Waals surface area contributed by atoms with Crippen LogP contribution in [0.25, 0.3) is 5.69 Å². The van der Waals surface area contributed by atoms with Gasteiger partial charge in [-0.05, 0) is 40.8 Å². The summed E-state index contributed by atoms with van der Waals surface area (Å²) in [6, 6.07) is 8.03. The number of hydrogen-bond donors (Lipinski definition) is 3. The lowest BCUT2D eigenvalue weighted by Gasteiger charge is -2.15. The molecular formula is C18H14ClF2N9O2S. The monoisotopic (exact) mass is 493 g/mol. The second kappa shape index (κ2) is 8.91. The predicted octanol–water partition coefficient (Wildman–Crippen LogP) is 3.24. The van der Waals surface area contributed by atoms with Crippen molar-refractivity contribution < 1.29 is 17.2 Å². The van der Waals surface area contributed by atoms with Crippen molar-refractivity contribution in [1.82, 2.24) is 30.2 Å². The van der Waals surface area contributed by atoms with E-state index in [1.807, 2.05) is 0 Å². The van der Waals surface area contributed by atoms with Gasteiger partial charge in [-0.2, -0.15) is 4.98 Å². The lowest BCUT2D eigenvalue weighted by atomic mass is 10.2. The Kier molecular flexibility index (Phi) is 6.02. The van der Waals surface area contributed by atoms with E-state index in [0.29, 0.717) is 5.69 Å². The van der Waals surface area contributed by atoms with Crippen molar-refractivity contribution in [3.05, 3.63) is 65.6 Å². The van der Waals surface area contributed by atoms with E-state index in [9.17, 15) is 17.2 Å². The van der Waals surface area contributed by atoms with Gasteiger partial charge in [-0.15, -0.1) is 5.10 Å². The lowest BCUT2D eigenvalue weighted by molar-refractivity contribution is 0.604. The van der Waals surface area contributed by atoms with Crippen molar-refractivity contribution in [2.24, 2.45) is 0 Å². The Labute approximate surface area is 190 Å². The van der Waals surface area contributed by atoms with Gasteiger partial charge in [0.1, 0.15) is 28.7 Å². The van der Waals surface area contributed by atoms with Gasteiger partial charge in [0.05, 0.1) is 29.5 Å². The van der Waals surface area contributed by atoms with Gasteiger partial charge in [-0.25, -0.2) is 26.9 Å². The van der Waals surface area contributed by atoms with E-state index in [-0.39, 0.29) is 33.9 Å². The number of benzene rings is 2. The minimum absolute atomic E-state index is 0.0216. The summed E-state index contributed by atoms with van der Waals surface area (Å²) < 4.78 is 55.3. The zero-order valence-electron chi connectivity index (χ0n) is 16.7. The molecule has 33 heavy (non-hydrogen) atoms. The lowest BCUT2D eigenvalue weighted by Crippen LogP contribution is -2.13. The Balaban J connectivity index is 1.64. The minimum Gasteiger partial charge on any atom is -0.337 e. The Morgan fingerprint density at radius 2 is 1.88 bits per heavy atom. The van der Waals surface area contributed by atoms with Gasteiger partial charge in [0.15, 0.2) is 5.82 Å². The molecule has 3 N–H and O–H groups in total. The third kappa shape index (κ3) is 5.30. The Morgan fingerprint density at radius 3 is 2.61 bits per heavy atom. The summed E-state index contributed by atoms with van der Waals surface area (Å²) in [6.07, 6.45) is 3.48. The molecule has 170 valence electrons. The molecule has 2 aromatic heterocycles. The van der Waals surface area contributed by atoms with Crippen LogP contribution in [-0.2, 0) is 10.0 Å². The number of hydrogen-bond acceptors (Lipinski definition) is 9. The first-order valence-electron chi connectivity index (χ1n) is 9.05. The van der Waals surface area contributed by atoms with Gasteiger partial charge < -0.3 is 10.6 Å². The van der Waals surface area contributed by atoms with Crippen molar-refractivity contribution in [2.75, 3.05) is 21.6 Å². The number of halogens is 3. The van der Waals surface area contributed by atoms with Crippen LogP contribution in [0.5, 0.6) is 0 Å². The smallest absolute Gasteiger partial charge is 0.229 e. The first kappa shape index (κ1) is 22.3. The van der Waals surface area contributed by atoms with Crippen LogP contribution in [-0.4, -0.2) is 44.8 Å². The molecule has 0 aliphatic rings. The average Bonchev–Trinajstić information content (AvgIpc) is 3.29. The third-order valence-corrected chi connectivity index (χ3v) is 4.96. The van der Waals surface area contributed by atoms with Gasteiger partial charge in [0.2, 0.25) is 16.0 Å². The number of anilines is 5. The number of tetrazole rings is 1. The largest absolute Gasteiger partial charge is 0.337 e. The maximum Gasteiger partial charge on any atom is 0.229 e. The van der Waals surface area contributed by atoms with Gasteiger partial charge in [0.25, 0.3) is 0 Å². The minimum atomic E-state index is -3.77. The van der Waals surface area contributed by atoms with Crippen molar-refractivity contribution in [3.8, 4) is 5.69 Å². The summed E-state index contributed by atoms with van der Waals surface area (Å²) >= 11 is 6.15. The molecular weight excluding hydrogens is 480 g/mol. The van der Waals surface area contributed by atoms with Crippen LogP contribution in [0, 0.1) is 11.6 Å². The van der Waals surface area contributed by atoms with E-state index >= 15 is 0 Å². The van der Waals surface area contributed by atoms with Crippen molar-refractivity contribution in [3.63, 3.8) is 0 Å². The topological polar surface area (TPSA) is 140 Å². The van der Waals surface area contributed by atoms with E-state index in [2.05, 4.69) is 40.8 Å². The molecule has 0 unspecified atom stereocenters. The zero-order chi connectivity index (χ0) is 23.6. The Hall–Kier alpha value is -3.91. The summed E-state index contributed by atoms with van der Waals surface area (Å²) in [6.45, 7) is 0. The van der Waals surface area contributed by atoms with E-state index in [1.54, 1.807) is 0 Å². The molecule has 0 atom stereocenters. The van der Waals surface area contributed by atoms with Crippen molar-refractivity contribution in [1.29, 1.82) is 0 Å². The number of nitrogens with one attached hydrogen (secondary N) is 3. The first-order chi connectivity index (χ1) is 15.7. The normalized spacial score (nSPS) is 11.3. The summed E-state index contributed by atoms with van der Waals surface area (Å²) in [5.41, 5.74) is 0.247. The molecule has 0 fully saturated rings. The predicted molar refractivity (Wildman–Crippen MR) is 118 cm³/mol. The molecule has 0 amide bonds. The van der Waals surface area contributed by atoms with Gasteiger partial charge >= 0.3 is 0 Å². The molecule has 0 saturated heterocycles. The molecule has 0 aliphatic heterocycles. The second-order valence-electron chi connectivity index (χ2n) is 6.60. The fourth-order valence-electron chi connectivity index (χ4n) is 2.71. The zero-order valence-corrected chi connectivity index (χ0v) is 18.2. The highest BCUT2D eigenvalue weighted by molar-refractivity contribution is 7.92. The van der Waals surface area contributed by atoms with Crippen LogP contribution in [0.15, 0.2) is 48.9 Å². The van der Waals surface area contributed by atoms with E-state index in [4.69, 9.17) is 11.6 Å². The van der Waals surface area contributed by atoms with Gasteiger partial charge in [-0.1, -0.05) is 17.7 Å². The van der Waals surface area contributed by atoms with Crippen LogP contribution < -0.4 is 15.4 Å². The van der Waals surface area contributed by atoms with Crippen LogP contribution in [0.2, 0.25) is 5.02 Å². The summed E-state index contributed by atoms with van der Waals surface area (Å²) in [4.78, 5) is 8.20. The van der Waals surface area contributed by atoms with Gasteiger partial charge in [-0.3, -0.25) is 4.72 Å². The molecule has 0 bridgehead atoms. The molecule has 2 heterocycles. The quantitative estimate of drug-likeness (QED) is 0.354. The third-order valence-electron chi connectivity index (χ3n) is 4.11. The van der Waals surface area contributed by atoms with Crippen LogP contribution in [0.3, 0.4) is 0 Å². The Bertz CT molecular complexity index is 1420.